The van der Waals surface area contributed by atoms with Gasteiger partial charge in [0.15, 0.2) is 5.16 Å². The van der Waals surface area contributed by atoms with Crippen LogP contribution in [0.3, 0.4) is 0 Å². The van der Waals surface area contributed by atoms with Gasteiger partial charge in [-0.1, -0.05) is 54.2 Å². The van der Waals surface area contributed by atoms with Crippen LogP contribution >= 0.6 is 11.8 Å². The van der Waals surface area contributed by atoms with Crippen molar-refractivity contribution in [3.63, 3.8) is 0 Å². The molecule has 7 nitrogen and oxygen atoms in total. The first-order valence-electron chi connectivity index (χ1n) is 8.72. The van der Waals surface area contributed by atoms with Gasteiger partial charge in [-0.25, -0.2) is 14.7 Å². The topological polar surface area (TPSA) is 88.5 Å². The lowest BCUT2D eigenvalue weighted by Gasteiger charge is -2.06. The minimum atomic E-state index is -0.214. The molecule has 0 aliphatic heterocycles. The number of H-pyrrole nitrogens is 2. The van der Waals surface area contributed by atoms with Crippen LogP contribution in [0.15, 0.2) is 69.3 Å². The number of nitrogens with zero attached hydrogens (tertiary/aromatic N) is 3. The van der Waals surface area contributed by atoms with Crippen LogP contribution in [-0.4, -0.2) is 30.1 Å². The zero-order chi connectivity index (χ0) is 18.6. The fourth-order valence-corrected chi connectivity index (χ4v) is 3.90. The second-order valence-corrected chi connectivity index (χ2v) is 7.25. The van der Waals surface area contributed by atoms with Crippen molar-refractivity contribution < 1.29 is 0 Å². The van der Waals surface area contributed by atoms with Crippen LogP contribution in [-0.2, 0) is 13.1 Å². The predicted octanol–water partition coefficient (Wildman–Crippen LogP) is 2.45. The minimum absolute atomic E-state index is 0.0954. The Bertz CT molecular complexity index is 1160. The summed E-state index contributed by atoms with van der Waals surface area (Å²) >= 11 is 1.52. The molecule has 2 aromatic carbocycles. The molecule has 4 rings (SSSR count). The van der Waals surface area contributed by atoms with Crippen molar-refractivity contribution in [2.45, 2.75) is 24.7 Å². The summed E-state index contributed by atoms with van der Waals surface area (Å²) in [7, 11) is 0. The van der Waals surface area contributed by atoms with E-state index in [1.54, 1.807) is 9.13 Å². The SMILES string of the molecule is O=c1[nH]nc(SCCCn2c(=O)[nH]c3ccccc32)n1Cc1ccccc1. The van der Waals surface area contributed by atoms with E-state index in [1.165, 1.54) is 11.8 Å². The lowest BCUT2D eigenvalue weighted by molar-refractivity contribution is 0.671. The summed E-state index contributed by atoms with van der Waals surface area (Å²) in [6.45, 7) is 1.10. The van der Waals surface area contributed by atoms with Crippen LogP contribution in [0.5, 0.6) is 0 Å². The van der Waals surface area contributed by atoms with E-state index in [0.29, 0.717) is 18.2 Å². The van der Waals surface area contributed by atoms with Crippen molar-refractivity contribution in [1.82, 2.24) is 24.3 Å². The van der Waals surface area contributed by atoms with E-state index < -0.39 is 0 Å². The highest BCUT2D eigenvalue weighted by Gasteiger charge is 2.10. The van der Waals surface area contributed by atoms with Crippen molar-refractivity contribution in [1.29, 1.82) is 0 Å². The molecule has 0 fully saturated rings. The van der Waals surface area contributed by atoms with Crippen LogP contribution in [0, 0.1) is 0 Å². The number of benzene rings is 2. The molecule has 0 aliphatic rings. The van der Waals surface area contributed by atoms with E-state index in [1.807, 2.05) is 54.6 Å². The molecule has 2 heterocycles. The first kappa shape index (κ1) is 17.4. The molecule has 0 saturated heterocycles. The molecule has 0 unspecified atom stereocenters. The average Bonchev–Trinajstić information content (AvgIpc) is 3.19. The van der Waals surface area contributed by atoms with Crippen LogP contribution in [0.1, 0.15) is 12.0 Å². The molecule has 0 spiro atoms. The van der Waals surface area contributed by atoms with Gasteiger partial charge in [-0.3, -0.25) is 9.13 Å². The molecule has 0 bridgehead atoms. The summed E-state index contributed by atoms with van der Waals surface area (Å²) in [5.74, 6) is 0.755. The van der Waals surface area contributed by atoms with E-state index in [4.69, 9.17) is 0 Å². The molecule has 0 saturated carbocycles. The van der Waals surface area contributed by atoms with Gasteiger partial charge in [0, 0.05) is 12.3 Å². The van der Waals surface area contributed by atoms with Gasteiger partial charge in [-0.15, -0.1) is 5.10 Å². The molecule has 138 valence electrons. The van der Waals surface area contributed by atoms with Crippen molar-refractivity contribution in [2.75, 3.05) is 5.75 Å². The number of aromatic amines is 2. The molecule has 0 amide bonds. The molecule has 2 N–H and O–H groups in total. The second-order valence-electron chi connectivity index (χ2n) is 6.18. The Morgan fingerprint density at radius 1 is 0.926 bits per heavy atom. The largest absolute Gasteiger partial charge is 0.344 e. The van der Waals surface area contributed by atoms with Crippen LogP contribution in [0.2, 0.25) is 0 Å². The fraction of sp³-hybridized carbons (Fsp3) is 0.211. The maximum Gasteiger partial charge on any atom is 0.344 e. The Morgan fingerprint density at radius 3 is 2.56 bits per heavy atom. The highest BCUT2D eigenvalue weighted by Crippen LogP contribution is 2.17. The van der Waals surface area contributed by atoms with Gasteiger partial charge in [-0.05, 0) is 24.1 Å². The summed E-state index contributed by atoms with van der Waals surface area (Å²) in [6, 6.07) is 17.5. The number of hydrogen-bond donors (Lipinski definition) is 2. The Morgan fingerprint density at radius 2 is 1.70 bits per heavy atom. The maximum absolute atomic E-state index is 12.1. The molecule has 8 heteroatoms. The average molecular weight is 381 g/mol. The Hall–Kier alpha value is -3.00. The summed E-state index contributed by atoms with van der Waals surface area (Å²) < 4.78 is 3.38. The number of fused-ring (bicyclic) bond motifs is 1. The van der Waals surface area contributed by atoms with Gasteiger partial charge in [0.25, 0.3) is 0 Å². The predicted molar refractivity (Wildman–Crippen MR) is 106 cm³/mol. The smallest absolute Gasteiger partial charge is 0.306 e. The number of imidazole rings is 1. The maximum atomic E-state index is 12.1. The molecular weight excluding hydrogens is 362 g/mol. The Kier molecular flexibility index (Phi) is 4.97. The Balaban J connectivity index is 1.40. The molecule has 4 aromatic rings. The monoisotopic (exact) mass is 381 g/mol. The fourth-order valence-electron chi connectivity index (χ4n) is 3.03. The number of nitrogens with one attached hydrogen (secondary N) is 2. The van der Waals surface area contributed by atoms with E-state index in [2.05, 4.69) is 15.2 Å². The van der Waals surface area contributed by atoms with Crippen molar-refractivity contribution >= 4 is 22.8 Å². The van der Waals surface area contributed by atoms with Gasteiger partial charge >= 0.3 is 11.4 Å². The second kappa shape index (κ2) is 7.71. The standard InChI is InChI=1S/C19H19N5O2S/c25-17-20-15-9-4-5-10-16(15)23(17)11-6-12-27-19-22-21-18(26)24(19)13-14-7-2-1-3-8-14/h1-5,7-10H,6,11-13H2,(H,20,25)(H,21,26). The lowest BCUT2D eigenvalue weighted by Crippen LogP contribution is -2.18. The van der Waals surface area contributed by atoms with Gasteiger partial charge in [0.1, 0.15) is 0 Å². The summed E-state index contributed by atoms with van der Waals surface area (Å²) in [5.41, 5.74) is 2.50. The number of hydrogen-bond acceptors (Lipinski definition) is 4. The summed E-state index contributed by atoms with van der Waals surface area (Å²) in [4.78, 5) is 27.0. The molecule has 27 heavy (non-hydrogen) atoms. The highest BCUT2D eigenvalue weighted by molar-refractivity contribution is 7.99. The molecule has 2 aromatic heterocycles. The van der Waals surface area contributed by atoms with E-state index in [9.17, 15) is 9.59 Å². The van der Waals surface area contributed by atoms with Gasteiger partial charge in [0.2, 0.25) is 0 Å². The molecule has 0 radical (unpaired) electrons. The quantitative estimate of drug-likeness (QED) is 0.380. The normalized spacial score (nSPS) is 11.3. The molecule has 0 aliphatic carbocycles. The Labute approximate surface area is 159 Å². The summed E-state index contributed by atoms with van der Waals surface area (Å²) in [5, 5.41) is 7.31. The minimum Gasteiger partial charge on any atom is -0.306 e. The van der Waals surface area contributed by atoms with Crippen LogP contribution < -0.4 is 11.4 Å². The van der Waals surface area contributed by atoms with Crippen molar-refractivity contribution in [2.24, 2.45) is 0 Å². The number of aromatic nitrogens is 5. The third-order valence-electron chi connectivity index (χ3n) is 4.35. The zero-order valence-corrected chi connectivity index (χ0v) is 15.4. The highest BCUT2D eigenvalue weighted by atomic mass is 32.2. The number of rotatable bonds is 7. The van der Waals surface area contributed by atoms with Gasteiger partial charge in [0.05, 0.1) is 17.6 Å². The zero-order valence-electron chi connectivity index (χ0n) is 14.6. The van der Waals surface area contributed by atoms with Crippen LogP contribution in [0.25, 0.3) is 11.0 Å². The van der Waals surface area contributed by atoms with E-state index in [-0.39, 0.29) is 11.4 Å². The lowest BCUT2D eigenvalue weighted by atomic mass is 10.2. The number of aryl methyl sites for hydroxylation is 1. The molecule has 0 atom stereocenters. The molecular formula is C19H19N5O2S. The summed E-state index contributed by atoms with van der Waals surface area (Å²) in [6.07, 6.45) is 0.790. The van der Waals surface area contributed by atoms with Gasteiger partial charge < -0.3 is 4.98 Å². The first-order chi connectivity index (χ1) is 13.2. The van der Waals surface area contributed by atoms with Crippen LogP contribution in [0.4, 0.5) is 0 Å². The van der Waals surface area contributed by atoms with Crippen molar-refractivity contribution in [3.8, 4) is 0 Å². The third kappa shape index (κ3) is 3.75. The van der Waals surface area contributed by atoms with Gasteiger partial charge in [-0.2, -0.15) is 0 Å². The number of thioether (sulfide) groups is 1. The van der Waals surface area contributed by atoms with Crippen molar-refractivity contribution in [3.05, 3.63) is 81.1 Å². The number of para-hydroxylation sites is 2. The first-order valence-corrected chi connectivity index (χ1v) is 9.70. The van der Waals surface area contributed by atoms with E-state index >= 15 is 0 Å². The third-order valence-corrected chi connectivity index (χ3v) is 5.41. The van der Waals surface area contributed by atoms with E-state index in [0.717, 1.165) is 28.8 Å².